The molecule has 21 heavy (non-hydrogen) atoms. The number of halogens is 1. The molecule has 0 saturated heterocycles. The molecule has 2 aliphatic rings. The molecule has 1 aromatic heterocycles. The van der Waals surface area contributed by atoms with Gasteiger partial charge in [-0.15, -0.1) is 11.3 Å². The number of hydrogen-bond donors (Lipinski definition) is 1. The Morgan fingerprint density at radius 3 is 2.76 bits per heavy atom. The monoisotopic (exact) mass is 363 g/mol. The van der Waals surface area contributed by atoms with Crippen LogP contribution in [-0.2, 0) is 0 Å². The number of fused-ring (bicyclic) bond motifs is 2. The van der Waals surface area contributed by atoms with E-state index in [2.05, 4.69) is 51.7 Å². The van der Waals surface area contributed by atoms with Gasteiger partial charge >= 0.3 is 0 Å². The first-order valence-corrected chi connectivity index (χ1v) is 9.87. The fourth-order valence-electron chi connectivity index (χ4n) is 4.50. The van der Waals surface area contributed by atoms with Gasteiger partial charge in [-0.1, -0.05) is 31.9 Å². The lowest BCUT2D eigenvalue weighted by molar-refractivity contribution is 0.460. The van der Waals surface area contributed by atoms with Crippen LogP contribution in [0.2, 0.25) is 0 Å². The van der Waals surface area contributed by atoms with Crippen molar-refractivity contribution in [3.05, 3.63) is 33.6 Å². The Morgan fingerprint density at radius 2 is 2.05 bits per heavy atom. The van der Waals surface area contributed by atoms with Crippen LogP contribution in [0.3, 0.4) is 0 Å². The number of rotatable bonds is 4. The summed E-state index contributed by atoms with van der Waals surface area (Å²) < 4.78 is 2.64. The van der Waals surface area contributed by atoms with Gasteiger partial charge in [0.2, 0.25) is 0 Å². The molecule has 2 aromatic rings. The van der Waals surface area contributed by atoms with Crippen molar-refractivity contribution in [3.8, 4) is 0 Å². The first kappa shape index (κ1) is 14.2. The Kier molecular flexibility index (Phi) is 3.85. The second kappa shape index (κ2) is 5.68. The predicted octanol–water partition coefficient (Wildman–Crippen LogP) is 5.75. The van der Waals surface area contributed by atoms with Crippen molar-refractivity contribution in [1.29, 1.82) is 0 Å². The Morgan fingerprint density at radius 1 is 1.29 bits per heavy atom. The van der Waals surface area contributed by atoms with Crippen LogP contribution in [0.1, 0.15) is 44.2 Å². The minimum atomic E-state index is 0.561. The first-order valence-electron chi connectivity index (χ1n) is 8.20. The molecular weight excluding hydrogens is 342 g/mol. The zero-order valence-electron chi connectivity index (χ0n) is 12.4. The highest BCUT2D eigenvalue weighted by Gasteiger charge is 2.54. The number of thiophene rings is 1. The van der Waals surface area contributed by atoms with Crippen LogP contribution in [-0.4, -0.2) is 6.54 Å². The van der Waals surface area contributed by atoms with Crippen LogP contribution in [0, 0.1) is 17.8 Å². The zero-order chi connectivity index (χ0) is 14.4. The van der Waals surface area contributed by atoms with Gasteiger partial charge in [-0.3, -0.25) is 0 Å². The fourth-order valence-corrected chi connectivity index (χ4v) is 6.16. The molecule has 1 N–H and O–H groups in total. The summed E-state index contributed by atoms with van der Waals surface area (Å²) in [5, 5.41) is 7.65. The van der Waals surface area contributed by atoms with Gasteiger partial charge in [0, 0.05) is 15.2 Å². The van der Waals surface area contributed by atoms with Crippen molar-refractivity contribution in [1.82, 2.24) is 5.32 Å². The SMILES string of the molecule is CCNC(c1csc2c(Br)cccc12)C1C2CCCCC21. The lowest BCUT2D eigenvalue weighted by Crippen LogP contribution is -2.23. The van der Waals surface area contributed by atoms with E-state index < -0.39 is 0 Å². The van der Waals surface area contributed by atoms with Crippen LogP contribution < -0.4 is 5.32 Å². The molecule has 2 fully saturated rings. The van der Waals surface area contributed by atoms with E-state index in [-0.39, 0.29) is 0 Å². The van der Waals surface area contributed by atoms with E-state index in [4.69, 9.17) is 0 Å². The van der Waals surface area contributed by atoms with Crippen molar-refractivity contribution in [2.75, 3.05) is 6.54 Å². The third-order valence-corrected chi connectivity index (χ3v) is 7.42. The van der Waals surface area contributed by atoms with E-state index in [1.54, 1.807) is 0 Å². The van der Waals surface area contributed by atoms with Crippen LogP contribution in [0.5, 0.6) is 0 Å². The zero-order valence-corrected chi connectivity index (χ0v) is 14.8. The number of hydrogen-bond acceptors (Lipinski definition) is 2. The van der Waals surface area contributed by atoms with E-state index in [1.165, 1.54) is 45.8 Å². The van der Waals surface area contributed by atoms with Crippen molar-refractivity contribution in [3.63, 3.8) is 0 Å². The van der Waals surface area contributed by atoms with Crippen molar-refractivity contribution in [2.24, 2.45) is 17.8 Å². The summed E-state index contributed by atoms with van der Waals surface area (Å²) in [6.45, 7) is 3.30. The molecule has 3 atom stereocenters. The molecule has 0 amide bonds. The predicted molar refractivity (Wildman–Crippen MR) is 94.9 cm³/mol. The molecule has 0 spiro atoms. The Hall–Kier alpha value is -0.380. The minimum absolute atomic E-state index is 0.561. The quantitative estimate of drug-likeness (QED) is 0.728. The van der Waals surface area contributed by atoms with E-state index in [0.29, 0.717) is 6.04 Å². The van der Waals surface area contributed by atoms with Gasteiger partial charge in [-0.2, -0.15) is 0 Å². The van der Waals surface area contributed by atoms with Crippen LogP contribution in [0.4, 0.5) is 0 Å². The van der Waals surface area contributed by atoms with Crippen LogP contribution in [0.15, 0.2) is 28.1 Å². The molecule has 3 heteroatoms. The normalized spacial score (nSPS) is 29.3. The Balaban J connectivity index is 1.71. The highest BCUT2D eigenvalue weighted by Crippen LogP contribution is 2.61. The van der Waals surface area contributed by atoms with Crippen molar-refractivity contribution >= 4 is 37.4 Å². The maximum absolute atomic E-state index is 3.81. The number of nitrogens with one attached hydrogen (secondary N) is 1. The van der Waals surface area contributed by atoms with Crippen molar-refractivity contribution < 1.29 is 0 Å². The van der Waals surface area contributed by atoms with E-state index in [9.17, 15) is 0 Å². The van der Waals surface area contributed by atoms with Crippen LogP contribution >= 0.6 is 27.3 Å². The molecule has 2 aliphatic carbocycles. The minimum Gasteiger partial charge on any atom is -0.310 e. The Bertz CT molecular complexity index is 638. The molecule has 112 valence electrons. The highest BCUT2D eigenvalue weighted by molar-refractivity contribution is 9.10. The smallest absolute Gasteiger partial charge is 0.0488 e. The third-order valence-electron chi connectivity index (χ3n) is 5.45. The summed E-state index contributed by atoms with van der Waals surface area (Å²) in [5.41, 5.74) is 1.54. The van der Waals surface area contributed by atoms with E-state index >= 15 is 0 Å². The molecular formula is C18H22BrNS. The molecule has 4 rings (SSSR count). The largest absolute Gasteiger partial charge is 0.310 e. The lowest BCUT2D eigenvalue weighted by Gasteiger charge is -2.18. The highest BCUT2D eigenvalue weighted by atomic mass is 79.9. The van der Waals surface area contributed by atoms with Gasteiger partial charge in [0.15, 0.2) is 0 Å². The van der Waals surface area contributed by atoms with Gasteiger partial charge in [-0.25, -0.2) is 0 Å². The van der Waals surface area contributed by atoms with Gasteiger partial charge in [0.25, 0.3) is 0 Å². The van der Waals surface area contributed by atoms with Gasteiger partial charge in [0.1, 0.15) is 0 Å². The lowest BCUT2D eigenvalue weighted by atomic mass is 9.99. The molecule has 0 radical (unpaired) electrons. The average Bonchev–Trinajstić information content (AvgIpc) is 3.06. The van der Waals surface area contributed by atoms with Gasteiger partial charge in [0.05, 0.1) is 0 Å². The third kappa shape index (κ3) is 2.38. The molecule has 2 saturated carbocycles. The summed E-state index contributed by atoms with van der Waals surface area (Å²) in [6, 6.07) is 7.18. The standard InChI is InChI=1S/C18H22BrNS/c1-2-20-17(16-11-6-3-4-7-12(11)16)14-10-21-18-13(14)8-5-9-15(18)19/h5,8-12,16-17,20H,2-4,6-7H2,1H3. The van der Waals surface area contributed by atoms with Gasteiger partial charge < -0.3 is 5.32 Å². The fraction of sp³-hybridized carbons (Fsp3) is 0.556. The molecule has 0 bridgehead atoms. The molecule has 1 nitrogen and oxygen atoms in total. The number of benzene rings is 1. The maximum atomic E-state index is 3.81. The summed E-state index contributed by atoms with van der Waals surface area (Å²) in [6.07, 6.45) is 5.82. The second-order valence-electron chi connectivity index (χ2n) is 6.53. The van der Waals surface area contributed by atoms with E-state index in [1.807, 2.05) is 11.3 Å². The molecule has 1 aromatic carbocycles. The average molecular weight is 364 g/mol. The summed E-state index contributed by atoms with van der Waals surface area (Å²) in [5.74, 6) is 2.86. The molecule has 1 heterocycles. The van der Waals surface area contributed by atoms with Gasteiger partial charge in [-0.05, 0) is 75.5 Å². The summed E-state index contributed by atoms with van der Waals surface area (Å²) in [4.78, 5) is 0. The van der Waals surface area contributed by atoms with Crippen LogP contribution in [0.25, 0.3) is 10.1 Å². The first-order chi connectivity index (χ1) is 10.3. The van der Waals surface area contributed by atoms with E-state index in [0.717, 1.165) is 24.3 Å². The molecule has 3 unspecified atom stereocenters. The molecule has 0 aliphatic heterocycles. The second-order valence-corrected chi connectivity index (χ2v) is 8.27. The topological polar surface area (TPSA) is 12.0 Å². The van der Waals surface area contributed by atoms with Crippen molar-refractivity contribution in [2.45, 2.75) is 38.6 Å². The maximum Gasteiger partial charge on any atom is 0.0488 e. The summed E-state index contributed by atoms with van der Waals surface area (Å²) >= 11 is 5.59. The summed E-state index contributed by atoms with van der Waals surface area (Å²) in [7, 11) is 0. The Labute approximate surface area is 139 Å².